The summed E-state index contributed by atoms with van der Waals surface area (Å²) >= 11 is 3.36. The van der Waals surface area contributed by atoms with Gasteiger partial charge in [-0.1, -0.05) is 28.1 Å². The molecule has 0 aromatic heterocycles. The standard InChI is InChI=1S/C14H15BrN4O2/c1-8(10-3-5-11(15)6-4-10)16-18-13(20)7-12-9(2)17-19-14(12)21/h3-6,12H,7H2,1-2H3,(H,18,20)(H,19,21)/b16-8-/t12-/m1/s1. The molecule has 1 aromatic rings. The summed E-state index contributed by atoms with van der Waals surface area (Å²) in [5.41, 5.74) is 7.03. The van der Waals surface area contributed by atoms with Crippen LogP contribution in [0.5, 0.6) is 0 Å². The number of carbonyl (C=O) groups is 2. The van der Waals surface area contributed by atoms with Crippen molar-refractivity contribution < 1.29 is 9.59 Å². The number of hydrazone groups is 2. The van der Waals surface area contributed by atoms with Gasteiger partial charge in [-0.3, -0.25) is 9.59 Å². The van der Waals surface area contributed by atoms with Gasteiger partial charge in [-0.2, -0.15) is 10.2 Å². The zero-order valence-corrected chi connectivity index (χ0v) is 13.3. The Morgan fingerprint density at radius 1 is 1.43 bits per heavy atom. The Bertz CT molecular complexity index is 622. The summed E-state index contributed by atoms with van der Waals surface area (Å²) in [6, 6.07) is 7.60. The lowest BCUT2D eigenvalue weighted by Gasteiger charge is -2.07. The van der Waals surface area contributed by atoms with Gasteiger partial charge in [0.15, 0.2) is 0 Å². The highest BCUT2D eigenvalue weighted by atomic mass is 79.9. The van der Waals surface area contributed by atoms with Crippen LogP contribution in [0.3, 0.4) is 0 Å². The lowest BCUT2D eigenvalue weighted by atomic mass is 10.0. The van der Waals surface area contributed by atoms with Gasteiger partial charge in [0.2, 0.25) is 11.8 Å². The van der Waals surface area contributed by atoms with Gasteiger partial charge in [0.1, 0.15) is 0 Å². The monoisotopic (exact) mass is 350 g/mol. The summed E-state index contributed by atoms with van der Waals surface area (Å²) in [6.07, 6.45) is 0.0400. The van der Waals surface area contributed by atoms with E-state index in [4.69, 9.17) is 0 Å². The van der Waals surface area contributed by atoms with Gasteiger partial charge < -0.3 is 0 Å². The van der Waals surface area contributed by atoms with Crippen LogP contribution in [0, 0.1) is 5.92 Å². The third kappa shape index (κ3) is 3.98. The topological polar surface area (TPSA) is 82.9 Å². The van der Waals surface area contributed by atoms with E-state index in [0.717, 1.165) is 10.0 Å². The van der Waals surface area contributed by atoms with E-state index in [1.54, 1.807) is 13.8 Å². The first kappa shape index (κ1) is 15.4. The Morgan fingerprint density at radius 3 is 2.67 bits per heavy atom. The summed E-state index contributed by atoms with van der Waals surface area (Å²) in [5.74, 6) is -1.08. The summed E-state index contributed by atoms with van der Waals surface area (Å²) in [7, 11) is 0. The van der Waals surface area contributed by atoms with Crippen molar-refractivity contribution in [1.82, 2.24) is 10.9 Å². The molecule has 0 spiro atoms. The number of nitrogens with zero attached hydrogens (tertiary/aromatic N) is 2. The summed E-state index contributed by atoms with van der Waals surface area (Å²) in [6.45, 7) is 3.52. The number of benzene rings is 1. The largest absolute Gasteiger partial charge is 0.273 e. The first-order valence-electron chi connectivity index (χ1n) is 6.40. The second kappa shape index (κ2) is 6.62. The van der Waals surface area contributed by atoms with E-state index >= 15 is 0 Å². The van der Waals surface area contributed by atoms with Gasteiger partial charge in [-0.15, -0.1) is 0 Å². The number of amides is 2. The maximum atomic E-state index is 11.8. The smallest absolute Gasteiger partial charge is 0.249 e. The van der Waals surface area contributed by atoms with Gasteiger partial charge in [0.25, 0.3) is 0 Å². The van der Waals surface area contributed by atoms with Crippen molar-refractivity contribution in [3.63, 3.8) is 0 Å². The van der Waals surface area contributed by atoms with Crippen LogP contribution in [0.25, 0.3) is 0 Å². The van der Waals surface area contributed by atoms with Crippen molar-refractivity contribution in [3.8, 4) is 0 Å². The molecule has 0 radical (unpaired) electrons. The number of rotatable bonds is 4. The molecule has 2 N–H and O–H groups in total. The van der Waals surface area contributed by atoms with E-state index < -0.39 is 5.92 Å². The van der Waals surface area contributed by atoms with E-state index in [0.29, 0.717) is 11.4 Å². The number of hydrogen-bond acceptors (Lipinski definition) is 4. The molecule has 21 heavy (non-hydrogen) atoms. The van der Waals surface area contributed by atoms with Gasteiger partial charge in [0, 0.05) is 16.6 Å². The number of hydrogen-bond donors (Lipinski definition) is 2. The summed E-state index contributed by atoms with van der Waals surface area (Å²) in [5, 5.41) is 7.85. The molecule has 110 valence electrons. The molecule has 0 unspecified atom stereocenters. The Hall–Kier alpha value is -2.02. The molecule has 7 heteroatoms. The molecule has 1 heterocycles. The van der Waals surface area contributed by atoms with E-state index in [1.165, 1.54) is 0 Å². The fraction of sp³-hybridized carbons (Fsp3) is 0.286. The van der Waals surface area contributed by atoms with Crippen LogP contribution < -0.4 is 10.9 Å². The molecule has 6 nitrogen and oxygen atoms in total. The van der Waals surface area contributed by atoms with Crippen molar-refractivity contribution >= 4 is 39.2 Å². The van der Waals surface area contributed by atoms with Crippen molar-refractivity contribution in [2.24, 2.45) is 16.1 Å². The third-order valence-electron chi connectivity index (χ3n) is 3.16. The predicted molar refractivity (Wildman–Crippen MR) is 83.9 cm³/mol. The highest BCUT2D eigenvalue weighted by Crippen LogP contribution is 2.12. The molecule has 1 aliphatic heterocycles. The highest BCUT2D eigenvalue weighted by Gasteiger charge is 2.29. The minimum atomic E-state index is -0.506. The molecule has 1 atom stereocenters. The number of halogens is 1. The van der Waals surface area contributed by atoms with Crippen LogP contribution in [0.1, 0.15) is 25.8 Å². The van der Waals surface area contributed by atoms with Crippen molar-refractivity contribution in [1.29, 1.82) is 0 Å². The van der Waals surface area contributed by atoms with Crippen LogP contribution >= 0.6 is 15.9 Å². The van der Waals surface area contributed by atoms with Crippen molar-refractivity contribution in [2.45, 2.75) is 20.3 Å². The maximum absolute atomic E-state index is 11.8. The van der Waals surface area contributed by atoms with Gasteiger partial charge >= 0.3 is 0 Å². The minimum absolute atomic E-state index is 0.0400. The second-order valence-corrected chi connectivity index (χ2v) is 5.64. The predicted octanol–water partition coefficient (Wildman–Crippen LogP) is 1.80. The van der Waals surface area contributed by atoms with Crippen LogP contribution in [0.4, 0.5) is 0 Å². The Labute approximate surface area is 130 Å². The van der Waals surface area contributed by atoms with Crippen LogP contribution in [0.2, 0.25) is 0 Å². The fourth-order valence-electron chi connectivity index (χ4n) is 1.86. The Kier molecular flexibility index (Phi) is 4.85. The quantitative estimate of drug-likeness (QED) is 0.641. The summed E-state index contributed by atoms with van der Waals surface area (Å²) < 4.78 is 0.977. The molecule has 2 rings (SSSR count). The number of carbonyl (C=O) groups excluding carboxylic acids is 2. The van der Waals surface area contributed by atoms with E-state index in [-0.39, 0.29) is 18.2 Å². The maximum Gasteiger partial charge on any atom is 0.249 e. The van der Waals surface area contributed by atoms with Gasteiger partial charge in [0.05, 0.1) is 11.6 Å². The van der Waals surface area contributed by atoms with Crippen molar-refractivity contribution in [3.05, 3.63) is 34.3 Å². The van der Waals surface area contributed by atoms with E-state index in [2.05, 4.69) is 37.0 Å². The molecule has 0 saturated heterocycles. The number of nitrogens with one attached hydrogen (secondary N) is 2. The second-order valence-electron chi connectivity index (χ2n) is 4.73. The molecule has 0 fully saturated rings. The Balaban J connectivity index is 1.94. The first-order valence-corrected chi connectivity index (χ1v) is 7.20. The Morgan fingerprint density at radius 2 is 2.10 bits per heavy atom. The van der Waals surface area contributed by atoms with Crippen LogP contribution in [0.15, 0.2) is 38.9 Å². The SMILES string of the molecule is CC1=NNC(=O)[C@@H]1CC(=O)N/N=C(/C)c1ccc(Br)cc1. The average Bonchev–Trinajstić information content (AvgIpc) is 2.77. The molecule has 1 aliphatic rings. The van der Waals surface area contributed by atoms with Gasteiger partial charge in [-0.05, 0) is 31.5 Å². The lowest BCUT2D eigenvalue weighted by Crippen LogP contribution is -2.29. The lowest BCUT2D eigenvalue weighted by molar-refractivity contribution is -0.127. The van der Waals surface area contributed by atoms with Crippen LogP contribution in [-0.4, -0.2) is 23.2 Å². The minimum Gasteiger partial charge on any atom is -0.273 e. The highest BCUT2D eigenvalue weighted by molar-refractivity contribution is 9.10. The van der Waals surface area contributed by atoms with Gasteiger partial charge in [-0.25, -0.2) is 10.9 Å². The zero-order chi connectivity index (χ0) is 15.4. The zero-order valence-electron chi connectivity index (χ0n) is 11.7. The fourth-order valence-corrected chi connectivity index (χ4v) is 2.13. The molecular weight excluding hydrogens is 336 g/mol. The van der Waals surface area contributed by atoms with Crippen LogP contribution in [-0.2, 0) is 9.59 Å². The first-order chi connectivity index (χ1) is 9.97. The van der Waals surface area contributed by atoms with Crippen molar-refractivity contribution in [2.75, 3.05) is 0 Å². The average molecular weight is 351 g/mol. The van der Waals surface area contributed by atoms with E-state index in [1.807, 2.05) is 24.3 Å². The normalized spacial score (nSPS) is 18.2. The van der Waals surface area contributed by atoms with E-state index in [9.17, 15) is 9.59 Å². The summed E-state index contributed by atoms with van der Waals surface area (Å²) in [4.78, 5) is 23.3. The molecular formula is C14H15BrN4O2. The third-order valence-corrected chi connectivity index (χ3v) is 3.69. The molecule has 2 amide bonds. The molecule has 0 bridgehead atoms. The molecule has 1 aromatic carbocycles. The molecule has 0 saturated carbocycles. The molecule has 0 aliphatic carbocycles.